The predicted octanol–water partition coefficient (Wildman–Crippen LogP) is 2.75. The largest absolute Gasteiger partial charge is 0.497 e. The molecule has 0 aromatic heterocycles. The molecule has 1 N–H and O–H groups in total. The molecule has 0 spiro atoms. The van der Waals surface area contributed by atoms with Crippen molar-refractivity contribution in [2.75, 3.05) is 19.5 Å². The van der Waals surface area contributed by atoms with Crippen molar-refractivity contribution in [3.8, 4) is 11.5 Å². The maximum atomic E-state index is 12.4. The van der Waals surface area contributed by atoms with E-state index >= 15 is 0 Å². The van der Waals surface area contributed by atoms with Crippen LogP contribution in [0.15, 0.2) is 18.2 Å². The summed E-state index contributed by atoms with van der Waals surface area (Å²) in [4.78, 5) is 12.4. The summed E-state index contributed by atoms with van der Waals surface area (Å²) in [5.41, 5.74) is 0.402. The first kappa shape index (κ1) is 14.2. The van der Waals surface area contributed by atoms with Gasteiger partial charge >= 0.3 is 0 Å². The molecule has 1 saturated carbocycles. The van der Waals surface area contributed by atoms with Gasteiger partial charge in [0.1, 0.15) is 11.5 Å². The van der Waals surface area contributed by atoms with E-state index < -0.39 is 0 Å². The Morgan fingerprint density at radius 1 is 1.37 bits per heavy atom. The molecule has 4 nitrogen and oxygen atoms in total. The summed E-state index contributed by atoms with van der Waals surface area (Å²) in [5.74, 6) is 1.09. The molecular formula is C14H18BrNO3. The fourth-order valence-corrected chi connectivity index (χ4v) is 2.90. The Hall–Kier alpha value is -1.23. The van der Waals surface area contributed by atoms with Gasteiger partial charge in [0.2, 0.25) is 0 Å². The Morgan fingerprint density at radius 3 is 2.58 bits per heavy atom. The molecule has 19 heavy (non-hydrogen) atoms. The van der Waals surface area contributed by atoms with E-state index in [1.165, 1.54) is 0 Å². The van der Waals surface area contributed by atoms with E-state index in [0.717, 1.165) is 24.6 Å². The van der Waals surface area contributed by atoms with E-state index in [0.29, 0.717) is 17.1 Å². The third kappa shape index (κ3) is 2.86. The number of rotatable bonds is 5. The van der Waals surface area contributed by atoms with Gasteiger partial charge in [-0.1, -0.05) is 15.9 Å². The van der Waals surface area contributed by atoms with Crippen molar-refractivity contribution in [2.45, 2.75) is 24.8 Å². The van der Waals surface area contributed by atoms with E-state index in [2.05, 4.69) is 21.2 Å². The number of carbonyl (C=O) groups excluding carboxylic acids is 1. The van der Waals surface area contributed by atoms with Crippen molar-refractivity contribution in [1.29, 1.82) is 0 Å². The Balaban J connectivity index is 2.22. The van der Waals surface area contributed by atoms with Gasteiger partial charge in [0.15, 0.2) is 0 Å². The molecule has 1 amide bonds. The molecule has 0 saturated heterocycles. The van der Waals surface area contributed by atoms with Crippen LogP contribution in [0.3, 0.4) is 0 Å². The second-order valence-corrected chi connectivity index (χ2v) is 5.35. The number of amides is 1. The van der Waals surface area contributed by atoms with Gasteiger partial charge in [0, 0.05) is 5.33 Å². The van der Waals surface area contributed by atoms with E-state index in [4.69, 9.17) is 9.47 Å². The molecule has 1 aliphatic rings. The number of halogens is 1. The molecule has 1 fully saturated rings. The van der Waals surface area contributed by atoms with Crippen LogP contribution in [0.2, 0.25) is 0 Å². The van der Waals surface area contributed by atoms with E-state index in [1.54, 1.807) is 32.4 Å². The lowest BCUT2D eigenvalue weighted by Crippen LogP contribution is -2.54. The van der Waals surface area contributed by atoms with Crippen LogP contribution >= 0.6 is 15.9 Å². The number of hydrogen-bond acceptors (Lipinski definition) is 3. The second-order valence-electron chi connectivity index (χ2n) is 4.79. The van der Waals surface area contributed by atoms with E-state index in [9.17, 15) is 4.79 Å². The molecule has 104 valence electrons. The third-order valence-electron chi connectivity index (χ3n) is 3.60. The molecule has 5 heteroatoms. The maximum Gasteiger partial charge on any atom is 0.255 e. The number of carbonyl (C=O) groups is 1. The van der Waals surface area contributed by atoms with Gasteiger partial charge in [-0.3, -0.25) is 4.79 Å². The summed E-state index contributed by atoms with van der Waals surface area (Å²) in [6, 6.07) is 5.23. The Labute approximate surface area is 121 Å². The zero-order valence-corrected chi connectivity index (χ0v) is 12.7. The number of alkyl halides is 1. The van der Waals surface area contributed by atoms with Crippen LogP contribution < -0.4 is 14.8 Å². The Morgan fingerprint density at radius 2 is 2.11 bits per heavy atom. The zero-order valence-electron chi connectivity index (χ0n) is 11.2. The lowest BCUT2D eigenvalue weighted by Gasteiger charge is -2.41. The number of benzene rings is 1. The highest BCUT2D eigenvalue weighted by atomic mass is 79.9. The fraction of sp³-hybridized carbons (Fsp3) is 0.500. The van der Waals surface area contributed by atoms with Crippen LogP contribution in [0, 0.1) is 0 Å². The zero-order chi connectivity index (χ0) is 13.9. The van der Waals surface area contributed by atoms with Gasteiger partial charge in [-0.2, -0.15) is 0 Å². The molecule has 0 unspecified atom stereocenters. The van der Waals surface area contributed by atoms with Crippen molar-refractivity contribution < 1.29 is 14.3 Å². The van der Waals surface area contributed by atoms with Crippen LogP contribution in [0.25, 0.3) is 0 Å². The molecule has 0 radical (unpaired) electrons. The quantitative estimate of drug-likeness (QED) is 0.846. The van der Waals surface area contributed by atoms with Crippen LogP contribution in [-0.2, 0) is 0 Å². The highest BCUT2D eigenvalue weighted by Gasteiger charge is 2.37. The molecule has 0 heterocycles. The van der Waals surface area contributed by atoms with Crippen molar-refractivity contribution in [3.05, 3.63) is 23.8 Å². The Bertz CT molecular complexity index is 466. The van der Waals surface area contributed by atoms with Crippen LogP contribution in [0.4, 0.5) is 0 Å². The van der Waals surface area contributed by atoms with Crippen LogP contribution in [-0.4, -0.2) is 31.0 Å². The molecule has 2 rings (SSSR count). The van der Waals surface area contributed by atoms with Crippen molar-refractivity contribution >= 4 is 21.8 Å². The maximum absolute atomic E-state index is 12.4. The first-order valence-electron chi connectivity index (χ1n) is 6.24. The molecule has 1 aromatic rings. The fourth-order valence-electron chi connectivity index (χ4n) is 2.20. The van der Waals surface area contributed by atoms with Gasteiger partial charge in [0.05, 0.1) is 25.3 Å². The molecular weight excluding hydrogens is 310 g/mol. The minimum Gasteiger partial charge on any atom is -0.497 e. The van der Waals surface area contributed by atoms with Crippen LogP contribution in [0.1, 0.15) is 29.6 Å². The van der Waals surface area contributed by atoms with Gasteiger partial charge in [-0.25, -0.2) is 0 Å². The van der Waals surface area contributed by atoms with Gasteiger partial charge in [0.25, 0.3) is 5.91 Å². The average molecular weight is 328 g/mol. The molecule has 1 aromatic carbocycles. The predicted molar refractivity (Wildman–Crippen MR) is 77.4 cm³/mol. The number of ether oxygens (including phenoxy) is 2. The van der Waals surface area contributed by atoms with Gasteiger partial charge in [-0.15, -0.1) is 0 Å². The highest BCUT2D eigenvalue weighted by Crippen LogP contribution is 2.34. The van der Waals surface area contributed by atoms with Crippen LogP contribution in [0.5, 0.6) is 11.5 Å². The van der Waals surface area contributed by atoms with Gasteiger partial charge < -0.3 is 14.8 Å². The number of methoxy groups -OCH3 is 2. The summed E-state index contributed by atoms with van der Waals surface area (Å²) < 4.78 is 10.4. The van der Waals surface area contributed by atoms with Crippen molar-refractivity contribution in [1.82, 2.24) is 5.32 Å². The first-order chi connectivity index (χ1) is 9.14. The lowest BCUT2D eigenvalue weighted by atomic mass is 9.78. The van der Waals surface area contributed by atoms with Crippen molar-refractivity contribution in [2.24, 2.45) is 0 Å². The monoisotopic (exact) mass is 327 g/mol. The summed E-state index contributed by atoms with van der Waals surface area (Å²) in [6.07, 6.45) is 3.17. The standard InChI is InChI=1S/C14H18BrNO3/c1-18-10-4-5-12(19-2)11(8-10)13(17)16-14(9-15)6-3-7-14/h4-5,8H,3,6-7,9H2,1-2H3,(H,16,17). The van der Waals surface area contributed by atoms with Crippen molar-refractivity contribution in [3.63, 3.8) is 0 Å². The normalized spacial score (nSPS) is 16.4. The first-order valence-corrected chi connectivity index (χ1v) is 7.37. The summed E-state index contributed by atoms with van der Waals surface area (Å²) >= 11 is 3.48. The highest BCUT2D eigenvalue weighted by molar-refractivity contribution is 9.09. The summed E-state index contributed by atoms with van der Waals surface area (Å²) in [7, 11) is 3.14. The average Bonchev–Trinajstić information content (AvgIpc) is 2.41. The van der Waals surface area contributed by atoms with Gasteiger partial charge in [-0.05, 0) is 37.5 Å². The molecule has 0 atom stereocenters. The third-order valence-corrected chi connectivity index (χ3v) is 4.67. The minimum atomic E-state index is -0.116. The second kappa shape index (κ2) is 5.82. The summed E-state index contributed by atoms with van der Waals surface area (Å²) in [5, 5.41) is 3.88. The SMILES string of the molecule is COc1ccc(OC)c(C(=O)NC2(CBr)CCC2)c1. The molecule has 1 aliphatic carbocycles. The lowest BCUT2D eigenvalue weighted by molar-refractivity contribution is 0.0853. The smallest absolute Gasteiger partial charge is 0.255 e. The summed E-state index contributed by atoms with van der Waals surface area (Å²) in [6.45, 7) is 0. The van der Waals surface area contributed by atoms with E-state index in [1.807, 2.05) is 0 Å². The molecule has 0 bridgehead atoms. The number of hydrogen-bond donors (Lipinski definition) is 1. The Kier molecular flexibility index (Phi) is 4.34. The topological polar surface area (TPSA) is 47.6 Å². The minimum absolute atomic E-state index is 0.106. The number of nitrogens with one attached hydrogen (secondary N) is 1. The van der Waals surface area contributed by atoms with E-state index in [-0.39, 0.29) is 11.4 Å². The molecule has 0 aliphatic heterocycles.